The highest BCUT2D eigenvalue weighted by Crippen LogP contribution is 2.13. The van der Waals surface area contributed by atoms with Gasteiger partial charge in [-0.25, -0.2) is 9.18 Å². The van der Waals surface area contributed by atoms with Gasteiger partial charge in [-0.15, -0.1) is 0 Å². The minimum Gasteiger partial charge on any atom is -0.465 e. The van der Waals surface area contributed by atoms with Crippen molar-refractivity contribution in [2.45, 2.75) is 13.8 Å². The van der Waals surface area contributed by atoms with Crippen LogP contribution < -0.4 is 5.32 Å². The van der Waals surface area contributed by atoms with Gasteiger partial charge in [0.1, 0.15) is 12.4 Å². The number of esters is 1. The van der Waals surface area contributed by atoms with Crippen LogP contribution in [0, 0.1) is 5.82 Å². The van der Waals surface area contributed by atoms with Gasteiger partial charge in [-0.05, 0) is 26.0 Å². The van der Waals surface area contributed by atoms with Crippen molar-refractivity contribution in [2.75, 3.05) is 25.0 Å². The first-order valence-electron chi connectivity index (χ1n) is 6.04. The third-order valence-corrected chi connectivity index (χ3v) is 2.41. The Morgan fingerprint density at radius 1 is 1.32 bits per heavy atom. The molecule has 0 bridgehead atoms. The van der Waals surface area contributed by atoms with E-state index in [9.17, 15) is 14.0 Å². The molecule has 0 fully saturated rings. The molecule has 0 aliphatic rings. The molecule has 2 amide bonds. The summed E-state index contributed by atoms with van der Waals surface area (Å²) >= 11 is 0. The van der Waals surface area contributed by atoms with E-state index in [4.69, 9.17) is 4.74 Å². The molecule has 5 nitrogen and oxygen atoms in total. The molecule has 0 aliphatic heterocycles. The predicted molar refractivity (Wildman–Crippen MR) is 69.3 cm³/mol. The van der Waals surface area contributed by atoms with Crippen molar-refractivity contribution in [2.24, 2.45) is 0 Å². The summed E-state index contributed by atoms with van der Waals surface area (Å²) in [7, 11) is 0. The Kier molecular flexibility index (Phi) is 5.78. The number of rotatable bonds is 5. The molecule has 104 valence electrons. The predicted octanol–water partition coefficient (Wildman–Crippen LogP) is 2.24. The van der Waals surface area contributed by atoms with E-state index in [1.54, 1.807) is 19.9 Å². The van der Waals surface area contributed by atoms with Crippen molar-refractivity contribution < 1.29 is 18.7 Å². The number of benzene rings is 1. The zero-order valence-corrected chi connectivity index (χ0v) is 11.0. The number of hydrogen-bond donors (Lipinski definition) is 1. The fraction of sp³-hybridized carbons (Fsp3) is 0.385. The molecule has 0 aromatic heterocycles. The summed E-state index contributed by atoms with van der Waals surface area (Å²) in [5, 5.41) is 2.41. The van der Waals surface area contributed by atoms with Crippen molar-refractivity contribution in [3.8, 4) is 0 Å². The Bertz CT molecular complexity index is 451. The summed E-state index contributed by atoms with van der Waals surface area (Å²) < 4.78 is 18.1. The minimum absolute atomic E-state index is 0.0785. The van der Waals surface area contributed by atoms with Crippen LogP contribution in [0.25, 0.3) is 0 Å². The molecule has 0 aliphatic carbocycles. The van der Waals surface area contributed by atoms with E-state index in [1.807, 2.05) is 0 Å². The van der Waals surface area contributed by atoms with Gasteiger partial charge in [0.15, 0.2) is 0 Å². The standard InChI is InChI=1S/C13H17FN2O3/c1-3-16(9-12(17)19-4-2)13(18)15-11-8-6-5-7-10(11)14/h5-8H,3-4,9H2,1-2H3,(H,15,18). The summed E-state index contributed by atoms with van der Waals surface area (Å²) in [5.74, 6) is -1.02. The number of nitrogens with zero attached hydrogens (tertiary/aromatic N) is 1. The number of nitrogens with one attached hydrogen (secondary N) is 1. The van der Waals surface area contributed by atoms with E-state index in [-0.39, 0.29) is 18.8 Å². The van der Waals surface area contributed by atoms with Crippen LogP contribution in [0.3, 0.4) is 0 Å². The van der Waals surface area contributed by atoms with Crippen molar-refractivity contribution in [3.05, 3.63) is 30.1 Å². The van der Waals surface area contributed by atoms with Gasteiger partial charge in [-0.2, -0.15) is 0 Å². The number of carbonyl (C=O) groups excluding carboxylic acids is 2. The molecule has 0 heterocycles. The lowest BCUT2D eigenvalue weighted by Crippen LogP contribution is -2.39. The van der Waals surface area contributed by atoms with E-state index in [0.29, 0.717) is 6.54 Å². The van der Waals surface area contributed by atoms with E-state index in [1.165, 1.54) is 23.1 Å². The number of halogens is 1. The van der Waals surface area contributed by atoms with Gasteiger partial charge in [0.2, 0.25) is 0 Å². The zero-order valence-electron chi connectivity index (χ0n) is 11.0. The summed E-state index contributed by atoms with van der Waals surface area (Å²) in [6, 6.07) is 5.30. The van der Waals surface area contributed by atoms with E-state index < -0.39 is 17.8 Å². The molecule has 1 N–H and O–H groups in total. The SMILES string of the molecule is CCOC(=O)CN(CC)C(=O)Nc1ccccc1F. The molecule has 1 aromatic rings. The first-order valence-corrected chi connectivity index (χ1v) is 6.04. The van der Waals surface area contributed by atoms with Gasteiger partial charge in [0.05, 0.1) is 12.3 Å². The summed E-state index contributed by atoms with van der Waals surface area (Å²) in [6.45, 7) is 3.82. The van der Waals surface area contributed by atoms with Crippen LogP contribution in [0.1, 0.15) is 13.8 Å². The van der Waals surface area contributed by atoms with E-state index in [2.05, 4.69) is 5.32 Å². The van der Waals surface area contributed by atoms with Gasteiger partial charge in [-0.1, -0.05) is 12.1 Å². The molecule has 1 rings (SSSR count). The van der Waals surface area contributed by atoms with Crippen LogP contribution in [0.5, 0.6) is 0 Å². The topological polar surface area (TPSA) is 58.6 Å². The van der Waals surface area contributed by atoms with Gasteiger partial charge in [-0.3, -0.25) is 4.79 Å². The highest BCUT2D eigenvalue weighted by atomic mass is 19.1. The number of anilines is 1. The summed E-state index contributed by atoms with van der Waals surface area (Å²) in [5.41, 5.74) is 0.0785. The van der Waals surface area contributed by atoms with Crippen LogP contribution in [-0.2, 0) is 9.53 Å². The summed E-state index contributed by atoms with van der Waals surface area (Å²) in [6.07, 6.45) is 0. The molecule has 0 unspecified atom stereocenters. The second-order valence-corrected chi connectivity index (χ2v) is 3.73. The molecule has 1 aromatic carbocycles. The Labute approximate surface area is 111 Å². The normalized spacial score (nSPS) is 9.84. The fourth-order valence-corrected chi connectivity index (χ4v) is 1.45. The second-order valence-electron chi connectivity index (χ2n) is 3.73. The number of carbonyl (C=O) groups is 2. The molecular weight excluding hydrogens is 251 g/mol. The minimum atomic E-state index is -0.541. The lowest BCUT2D eigenvalue weighted by molar-refractivity contribution is -0.143. The van der Waals surface area contributed by atoms with Gasteiger partial charge in [0, 0.05) is 6.54 Å². The third-order valence-electron chi connectivity index (χ3n) is 2.41. The summed E-state index contributed by atoms with van der Waals surface area (Å²) in [4.78, 5) is 24.4. The van der Waals surface area contributed by atoms with E-state index in [0.717, 1.165) is 0 Å². The van der Waals surface area contributed by atoms with Crippen molar-refractivity contribution >= 4 is 17.7 Å². The number of urea groups is 1. The average molecular weight is 268 g/mol. The molecule has 0 spiro atoms. The maximum atomic E-state index is 13.4. The average Bonchev–Trinajstić information content (AvgIpc) is 2.39. The zero-order chi connectivity index (χ0) is 14.3. The lowest BCUT2D eigenvalue weighted by atomic mass is 10.3. The molecule has 0 saturated heterocycles. The molecule has 6 heteroatoms. The van der Waals surface area contributed by atoms with Crippen LogP contribution in [0.15, 0.2) is 24.3 Å². The Morgan fingerprint density at radius 3 is 2.58 bits per heavy atom. The molecular formula is C13H17FN2O3. The van der Waals surface area contributed by atoms with E-state index >= 15 is 0 Å². The van der Waals surface area contributed by atoms with Crippen molar-refractivity contribution in [1.29, 1.82) is 0 Å². The van der Waals surface area contributed by atoms with Gasteiger partial charge < -0.3 is 15.0 Å². The first-order chi connectivity index (χ1) is 9.08. The number of hydrogen-bond acceptors (Lipinski definition) is 3. The maximum Gasteiger partial charge on any atom is 0.325 e. The monoisotopic (exact) mass is 268 g/mol. The van der Waals surface area contributed by atoms with Crippen LogP contribution >= 0.6 is 0 Å². The Morgan fingerprint density at radius 2 is 2.00 bits per heavy atom. The number of ether oxygens (including phenoxy) is 1. The number of likely N-dealkylation sites (N-methyl/N-ethyl adjacent to an activating group) is 1. The van der Waals surface area contributed by atoms with Crippen molar-refractivity contribution in [1.82, 2.24) is 4.90 Å². The Balaban J connectivity index is 2.64. The number of para-hydroxylation sites is 1. The van der Waals surface area contributed by atoms with Crippen molar-refractivity contribution in [3.63, 3.8) is 0 Å². The molecule has 0 saturated carbocycles. The first kappa shape index (κ1) is 14.9. The molecule has 0 radical (unpaired) electrons. The maximum absolute atomic E-state index is 13.4. The van der Waals surface area contributed by atoms with Crippen LogP contribution in [0.4, 0.5) is 14.9 Å². The molecule has 0 atom stereocenters. The van der Waals surface area contributed by atoms with Crippen LogP contribution in [-0.4, -0.2) is 36.6 Å². The van der Waals surface area contributed by atoms with Gasteiger partial charge in [0.25, 0.3) is 0 Å². The van der Waals surface area contributed by atoms with Gasteiger partial charge >= 0.3 is 12.0 Å². The highest BCUT2D eigenvalue weighted by molar-refractivity contribution is 5.91. The second kappa shape index (κ2) is 7.35. The largest absolute Gasteiger partial charge is 0.465 e. The smallest absolute Gasteiger partial charge is 0.325 e. The third kappa shape index (κ3) is 4.57. The Hall–Kier alpha value is -2.11. The molecule has 19 heavy (non-hydrogen) atoms. The quantitative estimate of drug-likeness (QED) is 0.833. The highest BCUT2D eigenvalue weighted by Gasteiger charge is 2.17. The number of amides is 2. The lowest BCUT2D eigenvalue weighted by Gasteiger charge is -2.20. The van der Waals surface area contributed by atoms with Crippen LogP contribution in [0.2, 0.25) is 0 Å². The fourth-order valence-electron chi connectivity index (χ4n) is 1.45.